The van der Waals surface area contributed by atoms with Crippen molar-refractivity contribution in [2.75, 3.05) is 0 Å². The van der Waals surface area contributed by atoms with Gasteiger partial charge in [-0.25, -0.2) is 18.1 Å². The number of halogens is 1. The molecule has 1 N–H and O–H groups in total. The zero-order valence-electron chi connectivity index (χ0n) is 12.7. The second kappa shape index (κ2) is 6.35. The highest BCUT2D eigenvalue weighted by molar-refractivity contribution is 7.89. The number of sulfonamides is 1. The first-order chi connectivity index (χ1) is 11.3. The quantitative estimate of drug-likeness (QED) is 0.707. The Hall–Kier alpha value is -2.22. The van der Waals surface area contributed by atoms with Gasteiger partial charge in [-0.2, -0.15) is 0 Å². The van der Waals surface area contributed by atoms with Crippen molar-refractivity contribution >= 4 is 33.1 Å². The predicted octanol–water partition coefficient (Wildman–Crippen LogP) is 2.67. The molecule has 8 heteroatoms. The van der Waals surface area contributed by atoms with E-state index in [1.807, 2.05) is 0 Å². The zero-order valence-corrected chi connectivity index (χ0v) is 14.3. The topological polar surface area (TPSA) is 80.5 Å². The van der Waals surface area contributed by atoms with Crippen molar-refractivity contribution in [3.8, 4) is 0 Å². The van der Waals surface area contributed by atoms with Crippen molar-refractivity contribution < 1.29 is 13.2 Å². The van der Waals surface area contributed by atoms with Crippen LogP contribution in [-0.2, 0) is 16.6 Å². The molecule has 2 heterocycles. The average molecular weight is 364 g/mol. The van der Waals surface area contributed by atoms with Crippen molar-refractivity contribution in [3.05, 3.63) is 65.1 Å². The maximum absolute atomic E-state index is 12.4. The third kappa shape index (κ3) is 3.48. The Morgan fingerprint density at radius 2 is 2.04 bits per heavy atom. The number of aromatic nitrogens is 2. The van der Waals surface area contributed by atoms with Crippen molar-refractivity contribution in [3.63, 3.8) is 0 Å². The van der Waals surface area contributed by atoms with Crippen LogP contribution in [0.25, 0.3) is 5.65 Å². The number of nitrogens with zero attached hydrogens (tertiary/aromatic N) is 2. The molecule has 0 saturated heterocycles. The summed E-state index contributed by atoms with van der Waals surface area (Å²) in [6.07, 6.45) is 3.40. The van der Waals surface area contributed by atoms with Crippen molar-refractivity contribution in [1.82, 2.24) is 14.1 Å². The first kappa shape index (κ1) is 16.6. The number of Topliss-reactive ketones (excluding diaryl/α,β-unsaturated/α-hetero) is 1. The normalized spacial score (nSPS) is 11.8. The molecule has 1 aromatic carbocycles. The number of hydrogen-bond donors (Lipinski definition) is 1. The molecule has 0 aliphatic heterocycles. The number of imidazole rings is 1. The minimum absolute atomic E-state index is 0.0337. The minimum atomic E-state index is -3.74. The summed E-state index contributed by atoms with van der Waals surface area (Å²) in [7, 11) is -3.74. The highest BCUT2D eigenvalue weighted by Crippen LogP contribution is 2.14. The number of carbonyl (C=O) groups is 1. The van der Waals surface area contributed by atoms with Gasteiger partial charge < -0.3 is 4.40 Å². The Bertz CT molecular complexity index is 1030. The van der Waals surface area contributed by atoms with Gasteiger partial charge in [-0.3, -0.25) is 4.79 Å². The van der Waals surface area contributed by atoms with Crippen LogP contribution >= 0.6 is 11.6 Å². The first-order valence-corrected chi connectivity index (χ1v) is 8.95. The van der Waals surface area contributed by atoms with E-state index in [0.29, 0.717) is 21.9 Å². The summed E-state index contributed by atoms with van der Waals surface area (Å²) < 4.78 is 29.0. The van der Waals surface area contributed by atoms with Crippen molar-refractivity contribution in [2.24, 2.45) is 0 Å². The third-order valence-corrected chi connectivity index (χ3v) is 5.08. The molecule has 0 radical (unpaired) electrons. The molecule has 3 rings (SSSR count). The first-order valence-electron chi connectivity index (χ1n) is 7.09. The Balaban J connectivity index is 1.81. The summed E-state index contributed by atoms with van der Waals surface area (Å²) in [5.41, 5.74) is 1.58. The molecule has 0 amide bonds. The van der Waals surface area contributed by atoms with Gasteiger partial charge in [0.1, 0.15) is 5.65 Å². The fourth-order valence-electron chi connectivity index (χ4n) is 2.24. The molecule has 0 atom stereocenters. The Morgan fingerprint density at radius 1 is 1.25 bits per heavy atom. The van der Waals surface area contributed by atoms with Gasteiger partial charge in [0.25, 0.3) is 0 Å². The summed E-state index contributed by atoms with van der Waals surface area (Å²) in [4.78, 5) is 15.8. The average Bonchev–Trinajstić information content (AvgIpc) is 2.95. The summed E-state index contributed by atoms with van der Waals surface area (Å²) in [6, 6.07) is 9.37. The van der Waals surface area contributed by atoms with Crippen molar-refractivity contribution in [2.45, 2.75) is 18.4 Å². The van der Waals surface area contributed by atoms with Crippen LogP contribution in [0, 0.1) is 0 Å². The number of benzene rings is 1. The second-order valence-corrected chi connectivity index (χ2v) is 7.46. The molecule has 0 fully saturated rings. The molecule has 2 aromatic heterocycles. The van der Waals surface area contributed by atoms with Crippen LogP contribution < -0.4 is 4.72 Å². The van der Waals surface area contributed by atoms with E-state index in [2.05, 4.69) is 9.71 Å². The highest BCUT2D eigenvalue weighted by atomic mass is 35.5. The van der Waals surface area contributed by atoms with E-state index in [1.54, 1.807) is 35.0 Å². The molecule has 124 valence electrons. The van der Waals surface area contributed by atoms with Crippen LogP contribution in [0.5, 0.6) is 0 Å². The van der Waals surface area contributed by atoms with Gasteiger partial charge >= 0.3 is 0 Å². The van der Waals surface area contributed by atoms with Gasteiger partial charge in [0, 0.05) is 18.0 Å². The lowest BCUT2D eigenvalue weighted by Gasteiger charge is -2.06. The molecule has 3 aromatic rings. The smallest absolute Gasteiger partial charge is 0.240 e. The van der Waals surface area contributed by atoms with Crippen molar-refractivity contribution in [1.29, 1.82) is 0 Å². The minimum Gasteiger partial charge on any atom is -0.305 e. The Labute approximate surface area is 144 Å². The molecule has 6 nitrogen and oxygen atoms in total. The van der Waals surface area contributed by atoms with Crippen LogP contribution in [0.3, 0.4) is 0 Å². The van der Waals surface area contributed by atoms with Gasteiger partial charge in [0.15, 0.2) is 5.78 Å². The molecule has 0 spiro atoms. The van der Waals surface area contributed by atoms with Gasteiger partial charge in [-0.1, -0.05) is 23.7 Å². The fourth-order valence-corrected chi connectivity index (χ4v) is 3.45. The van der Waals surface area contributed by atoms with Gasteiger partial charge in [-0.15, -0.1) is 0 Å². The second-order valence-electron chi connectivity index (χ2n) is 5.25. The number of nitrogens with one attached hydrogen (secondary N) is 1. The molecular weight excluding hydrogens is 350 g/mol. The summed E-state index contributed by atoms with van der Waals surface area (Å²) in [5, 5.41) is 0.563. The van der Waals surface area contributed by atoms with Crippen LogP contribution in [0.15, 0.2) is 53.7 Å². The van der Waals surface area contributed by atoms with E-state index in [1.165, 1.54) is 25.1 Å². The third-order valence-electron chi connectivity index (χ3n) is 3.46. The van der Waals surface area contributed by atoms with Crippen LogP contribution in [0.2, 0.25) is 5.02 Å². The van der Waals surface area contributed by atoms with E-state index >= 15 is 0 Å². The largest absolute Gasteiger partial charge is 0.305 e. The summed E-state index contributed by atoms with van der Waals surface area (Å²) >= 11 is 5.91. The maximum Gasteiger partial charge on any atom is 0.240 e. The van der Waals surface area contributed by atoms with E-state index in [9.17, 15) is 13.2 Å². The number of rotatable bonds is 5. The lowest BCUT2D eigenvalue weighted by Crippen LogP contribution is -2.23. The molecule has 24 heavy (non-hydrogen) atoms. The molecular formula is C16H14ClN3O3S. The summed E-state index contributed by atoms with van der Waals surface area (Å²) in [6.45, 7) is 1.42. The molecule has 0 aliphatic carbocycles. The van der Waals surface area contributed by atoms with Crippen LogP contribution in [0.1, 0.15) is 23.0 Å². The van der Waals surface area contributed by atoms with E-state index in [0.717, 1.165) is 0 Å². The monoisotopic (exact) mass is 363 g/mol. The van der Waals surface area contributed by atoms with Gasteiger partial charge in [0.05, 0.1) is 22.2 Å². The number of fused-ring (bicyclic) bond motifs is 1. The number of pyridine rings is 1. The number of ketones is 1. The molecule has 0 saturated carbocycles. The van der Waals surface area contributed by atoms with E-state index < -0.39 is 10.0 Å². The fraction of sp³-hybridized carbons (Fsp3) is 0.125. The Morgan fingerprint density at radius 3 is 2.79 bits per heavy atom. The molecule has 0 bridgehead atoms. The lowest BCUT2D eigenvalue weighted by atomic mass is 10.2. The highest BCUT2D eigenvalue weighted by Gasteiger charge is 2.16. The van der Waals surface area contributed by atoms with Crippen LogP contribution in [-0.4, -0.2) is 23.6 Å². The van der Waals surface area contributed by atoms with Gasteiger partial charge in [-0.05, 0) is 31.2 Å². The van der Waals surface area contributed by atoms with E-state index in [-0.39, 0.29) is 17.2 Å². The molecule has 0 aliphatic rings. The van der Waals surface area contributed by atoms with Crippen LogP contribution in [0.4, 0.5) is 0 Å². The zero-order chi connectivity index (χ0) is 17.3. The predicted molar refractivity (Wildman–Crippen MR) is 90.7 cm³/mol. The number of hydrogen-bond acceptors (Lipinski definition) is 4. The van der Waals surface area contributed by atoms with E-state index in [4.69, 9.17) is 11.6 Å². The lowest BCUT2D eigenvalue weighted by molar-refractivity contribution is 0.101. The number of carbonyl (C=O) groups excluding carboxylic acids is 1. The van der Waals surface area contributed by atoms with Gasteiger partial charge in [0.2, 0.25) is 10.0 Å². The standard InChI is InChI=1S/C16H14ClN3O3S/c1-11(21)12-3-2-4-15(7-12)24(22,23)18-8-14-10-20-9-13(17)5-6-16(20)19-14/h2-7,9-10,18H,8H2,1H3. The summed E-state index contributed by atoms with van der Waals surface area (Å²) in [5.74, 6) is -0.190. The Kier molecular flexibility index (Phi) is 4.40. The maximum atomic E-state index is 12.4. The SMILES string of the molecule is CC(=O)c1cccc(S(=O)(=O)NCc2cn3cc(Cl)ccc3n2)c1. The molecule has 0 unspecified atom stereocenters.